The van der Waals surface area contributed by atoms with Gasteiger partial charge in [0, 0.05) is 25.1 Å². The zero-order valence-electron chi connectivity index (χ0n) is 16.8. The minimum absolute atomic E-state index is 0.0251. The highest BCUT2D eigenvalue weighted by atomic mass is 16.5. The van der Waals surface area contributed by atoms with Gasteiger partial charge in [-0.25, -0.2) is 4.79 Å². The molecule has 0 aliphatic heterocycles. The van der Waals surface area contributed by atoms with E-state index in [1.54, 1.807) is 31.3 Å². The van der Waals surface area contributed by atoms with E-state index in [2.05, 4.69) is 27.4 Å². The lowest BCUT2D eigenvalue weighted by molar-refractivity contribution is 0.0948. The Morgan fingerprint density at radius 2 is 2.14 bits per heavy atom. The topological polar surface area (TPSA) is 111 Å². The van der Waals surface area contributed by atoms with Crippen LogP contribution < -0.4 is 10.9 Å². The van der Waals surface area contributed by atoms with Crippen LogP contribution in [0.5, 0.6) is 0 Å². The van der Waals surface area contributed by atoms with E-state index in [1.807, 2.05) is 13.0 Å². The molecule has 1 unspecified atom stereocenters. The summed E-state index contributed by atoms with van der Waals surface area (Å²) in [4.78, 5) is 33.2. The van der Waals surface area contributed by atoms with Crippen molar-refractivity contribution in [2.45, 2.75) is 46.0 Å². The van der Waals surface area contributed by atoms with E-state index in [9.17, 15) is 9.59 Å². The van der Waals surface area contributed by atoms with Crippen LogP contribution in [-0.4, -0.2) is 27.6 Å². The fourth-order valence-electron chi connectivity index (χ4n) is 3.05. The quantitative estimate of drug-likeness (QED) is 0.622. The first kappa shape index (κ1) is 20.4. The number of carbonyl (C=O) groups is 1. The zero-order chi connectivity index (χ0) is 20.8. The second-order valence-electron chi connectivity index (χ2n) is 6.92. The van der Waals surface area contributed by atoms with E-state index >= 15 is 0 Å². The number of nitrogens with one attached hydrogen (secondary N) is 1. The highest BCUT2D eigenvalue weighted by Crippen LogP contribution is 2.21. The molecule has 1 amide bonds. The van der Waals surface area contributed by atoms with E-state index in [0.717, 1.165) is 12.8 Å². The van der Waals surface area contributed by atoms with Crippen molar-refractivity contribution >= 4 is 5.91 Å². The lowest BCUT2D eigenvalue weighted by Gasteiger charge is -2.11. The molecule has 0 aromatic carbocycles. The molecule has 0 spiro atoms. The van der Waals surface area contributed by atoms with Gasteiger partial charge in [-0.3, -0.25) is 9.78 Å². The number of pyridine rings is 1. The van der Waals surface area contributed by atoms with E-state index in [0.29, 0.717) is 35.2 Å². The van der Waals surface area contributed by atoms with Gasteiger partial charge in [0.25, 0.3) is 5.91 Å². The molecule has 3 heterocycles. The summed E-state index contributed by atoms with van der Waals surface area (Å²) in [5.41, 5.74) is 0.622. The predicted octanol–water partition coefficient (Wildman–Crippen LogP) is 3.27. The van der Waals surface area contributed by atoms with Gasteiger partial charge in [0.15, 0.2) is 0 Å². The van der Waals surface area contributed by atoms with Crippen LogP contribution in [0.25, 0.3) is 11.5 Å². The summed E-state index contributed by atoms with van der Waals surface area (Å²) in [7, 11) is 0. The van der Waals surface area contributed by atoms with Crippen LogP contribution in [0.3, 0.4) is 0 Å². The summed E-state index contributed by atoms with van der Waals surface area (Å²) < 4.78 is 10.6. The predicted molar refractivity (Wildman–Crippen MR) is 107 cm³/mol. The van der Waals surface area contributed by atoms with Gasteiger partial charge in [-0.1, -0.05) is 31.5 Å². The number of hydrogen-bond donors (Lipinski definition) is 1. The second-order valence-corrected chi connectivity index (χ2v) is 6.92. The first-order valence-electron chi connectivity index (χ1n) is 9.66. The van der Waals surface area contributed by atoms with Crippen LogP contribution in [0.2, 0.25) is 0 Å². The Bertz CT molecular complexity index is 1030. The highest BCUT2D eigenvalue weighted by Gasteiger charge is 2.19. The lowest BCUT2D eigenvalue weighted by atomic mass is 10.0. The minimum atomic E-state index is -0.615. The minimum Gasteiger partial charge on any atom is -0.427 e. The zero-order valence-corrected chi connectivity index (χ0v) is 16.8. The maximum atomic E-state index is 12.5. The van der Waals surface area contributed by atoms with Crippen molar-refractivity contribution in [3.63, 3.8) is 0 Å². The summed E-state index contributed by atoms with van der Waals surface area (Å²) in [5, 5.41) is 6.60. The fraction of sp³-hybridized carbons (Fsp3) is 0.381. The van der Waals surface area contributed by atoms with E-state index in [4.69, 9.17) is 8.94 Å². The van der Waals surface area contributed by atoms with Crippen molar-refractivity contribution in [2.75, 3.05) is 6.54 Å². The number of carbonyl (C=O) groups excluding carboxylic acids is 1. The van der Waals surface area contributed by atoms with Gasteiger partial charge in [-0.05, 0) is 37.1 Å². The van der Waals surface area contributed by atoms with Crippen molar-refractivity contribution in [1.29, 1.82) is 0 Å². The van der Waals surface area contributed by atoms with Gasteiger partial charge in [-0.2, -0.15) is 4.98 Å². The molecular weight excluding hydrogens is 372 g/mol. The molecule has 0 saturated heterocycles. The van der Waals surface area contributed by atoms with Gasteiger partial charge in [0.05, 0.1) is 0 Å². The summed E-state index contributed by atoms with van der Waals surface area (Å²) in [6.45, 7) is 6.07. The average molecular weight is 396 g/mol. The molecule has 3 aromatic heterocycles. The van der Waals surface area contributed by atoms with Crippen LogP contribution in [0.15, 0.2) is 44.2 Å². The molecular formula is C21H24N4O4. The number of rotatable bonds is 8. The third kappa shape index (κ3) is 4.96. The van der Waals surface area contributed by atoms with Gasteiger partial charge in [0.2, 0.25) is 11.7 Å². The smallest absolute Gasteiger partial charge is 0.349 e. The Hall–Kier alpha value is -3.29. The molecule has 3 aromatic rings. The fourth-order valence-corrected chi connectivity index (χ4v) is 3.05. The summed E-state index contributed by atoms with van der Waals surface area (Å²) in [5.74, 6) is 1.03. The van der Waals surface area contributed by atoms with Crippen molar-refractivity contribution in [3.05, 3.63) is 63.7 Å². The third-order valence-electron chi connectivity index (χ3n) is 4.59. The number of hydrogen-bond acceptors (Lipinski definition) is 7. The number of aromatic nitrogens is 3. The van der Waals surface area contributed by atoms with E-state index in [-0.39, 0.29) is 18.0 Å². The molecule has 152 valence electrons. The SMILES string of the molecule is CCCC(C)c1cc(C)c(C(=O)NCCc2nc(-c3ccccn3)no2)c(=O)o1. The van der Waals surface area contributed by atoms with Crippen LogP contribution >= 0.6 is 0 Å². The Labute approximate surface area is 168 Å². The maximum absolute atomic E-state index is 12.5. The molecule has 0 aliphatic carbocycles. The summed E-state index contributed by atoms with van der Waals surface area (Å²) >= 11 is 0. The van der Waals surface area contributed by atoms with Crippen LogP contribution in [0.1, 0.15) is 60.2 Å². The molecule has 0 radical (unpaired) electrons. The average Bonchev–Trinajstić information content (AvgIpc) is 3.17. The first-order chi connectivity index (χ1) is 14.0. The van der Waals surface area contributed by atoms with Gasteiger partial charge < -0.3 is 14.3 Å². The Morgan fingerprint density at radius 1 is 1.31 bits per heavy atom. The maximum Gasteiger partial charge on any atom is 0.349 e. The standard InChI is InChI=1S/C21H24N4O4/c1-4-7-13(2)16-12-14(3)18(21(27)28-16)20(26)23-11-9-17-24-19(25-29-17)15-8-5-6-10-22-15/h5-6,8,10,12-13H,4,7,9,11H2,1-3H3,(H,23,26). The van der Waals surface area contributed by atoms with Crippen LogP contribution in [-0.2, 0) is 6.42 Å². The molecule has 3 rings (SSSR count). The van der Waals surface area contributed by atoms with Gasteiger partial charge >= 0.3 is 5.63 Å². The van der Waals surface area contributed by atoms with Gasteiger partial charge in [-0.15, -0.1) is 0 Å². The summed E-state index contributed by atoms with van der Waals surface area (Å²) in [6.07, 6.45) is 3.89. The van der Waals surface area contributed by atoms with Crippen LogP contribution in [0, 0.1) is 6.92 Å². The second kappa shape index (κ2) is 9.27. The molecule has 0 saturated carbocycles. The molecule has 8 nitrogen and oxygen atoms in total. The lowest BCUT2D eigenvalue weighted by Crippen LogP contribution is -2.31. The number of aryl methyl sites for hydroxylation is 1. The summed E-state index contributed by atoms with van der Waals surface area (Å²) in [6, 6.07) is 7.19. The van der Waals surface area contributed by atoms with E-state index in [1.165, 1.54) is 0 Å². The molecule has 0 aliphatic rings. The Morgan fingerprint density at radius 3 is 2.83 bits per heavy atom. The van der Waals surface area contributed by atoms with Crippen LogP contribution in [0.4, 0.5) is 0 Å². The monoisotopic (exact) mass is 396 g/mol. The van der Waals surface area contributed by atoms with E-state index < -0.39 is 11.5 Å². The largest absolute Gasteiger partial charge is 0.427 e. The Balaban J connectivity index is 1.61. The molecule has 8 heteroatoms. The third-order valence-corrected chi connectivity index (χ3v) is 4.59. The molecule has 1 N–H and O–H groups in total. The Kier molecular flexibility index (Phi) is 6.54. The number of amides is 1. The van der Waals surface area contributed by atoms with Crippen molar-refractivity contribution in [1.82, 2.24) is 20.4 Å². The molecule has 0 fully saturated rings. The number of nitrogens with zero attached hydrogens (tertiary/aromatic N) is 3. The van der Waals surface area contributed by atoms with Gasteiger partial charge in [0.1, 0.15) is 17.0 Å². The molecule has 29 heavy (non-hydrogen) atoms. The normalized spacial score (nSPS) is 12.0. The first-order valence-corrected chi connectivity index (χ1v) is 9.66. The highest BCUT2D eigenvalue weighted by molar-refractivity contribution is 5.95. The van der Waals surface area contributed by atoms with Crippen molar-refractivity contribution in [3.8, 4) is 11.5 Å². The molecule has 1 atom stereocenters. The van der Waals surface area contributed by atoms with Crippen molar-refractivity contribution in [2.24, 2.45) is 0 Å². The van der Waals surface area contributed by atoms with Crippen molar-refractivity contribution < 1.29 is 13.7 Å². The molecule has 0 bridgehead atoms.